The third kappa shape index (κ3) is 2.73. The van der Waals surface area contributed by atoms with Crippen molar-refractivity contribution in [1.29, 1.82) is 0 Å². The molecule has 1 amide bonds. The second-order valence-corrected chi connectivity index (χ2v) is 6.79. The molecule has 3 rings (SSSR count). The molecule has 4 N–H and O–H groups in total. The van der Waals surface area contributed by atoms with Crippen LogP contribution in [0, 0.1) is 0 Å². The van der Waals surface area contributed by atoms with Crippen molar-refractivity contribution in [3.8, 4) is 0 Å². The van der Waals surface area contributed by atoms with Gasteiger partial charge >= 0.3 is 0 Å². The van der Waals surface area contributed by atoms with Crippen LogP contribution in [-0.2, 0) is 11.2 Å². The van der Waals surface area contributed by atoms with Crippen molar-refractivity contribution in [2.75, 3.05) is 22.6 Å². The molecular weight excluding hydrogens is 270 g/mol. The highest BCUT2D eigenvalue weighted by Crippen LogP contribution is 2.35. The van der Waals surface area contributed by atoms with Crippen LogP contribution >= 0.6 is 11.8 Å². The minimum absolute atomic E-state index is 0.0798. The first-order valence-corrected chi connectivity index (χ1v) is 8.46. The normalized spacial score (nSPS) is 25.1. The SMILES string of the molecule is CSC1CCC(Nc2cc3c(cc2N)NC(=O)CC3)C1. The van der Waals surface area contributed by atoms with E-state index in [4.69, 9.17) is 5.73 Å². The number of carbonyl (C=O) groups excluding carboxylic acids is 1. The first-order valence-electron chi connectivity index (χ1n) is 7.17. The molecule has 2 unspecified atom stereocenters. The van der Waals surface area contributed by atoms with E-state index >= 15 is 0 Å². The lowest BCUT2D eigenvalue weighted by Gasteiger charge is -2.22. The number of aryl methyl sites for hydroxylation is 1. The van der Waals surface area contributed by atoms with Gasteiger partial charge in [0.05, 0.1) is 11.4 Å². The summed E-state index contributed by atoms with van der Waals surface area (Å²) in [6, 6.07) is 4.51. The number of hydrogen-bond donors (Lipinski definition) is 3. The Morgan fingerprint density at radius 1 is 1.35 bits per heavy atom. The molecule has 2 aliphatic rings. The zero-order chi connectivity index (χ0) is 14.1. The van der Waals surface area contributed by atoms with Gasteiger partial charge in [-0.25, -0.2) is 0 Å². The second-order valence-electron chi connectivity index (χ2n) is 5.66. The van der Waals surface area contributed by atoms with Gasteiger partial charge in [-0.3, -0.25) is 4.79 Å². The zero-order valence-corrected chi connectivity index (χ0v) is 12.6. The Kier molecular flexibility index (Phi) is 3.78. The van der Waals surface area contributed by atoms with E-state index in [1.807, 2.05) is 17.8 Å². The molecule has 0 aromatic heterocycles. The van der Waals surface area contributed by atoms with Crippen LogP contribution in [0.3, 0.4) is 0 Å². The average Bonchev–Trinajstić information content (AvgIpc) is 2.87. The van der Waals surface area contributed by atoms with E-state index in [1.165, 1.54) is 24.8 Å². The van der Waals surface area contributed by atoms with Crippen LogP contribution in [0.1, 0.15) is 31.2 Å². The van der Waals surface area contributed by atoms with Crippen molar-refractivity contribution in [2.24, 2.45) is 0 Å². The molecule has 1 aromatic carbocycles. The molecule has 1 aliphatic carbocycles. The van der Waals surface area contributed by atoms with Gasteiger partial charge in [0.1, 0.15) is 0 Å². The zero-order valence-electron chi connectivity index (χ0n) is 11.7. The number of anilines is 3. The highest BCUT2D eigenvalue weighted by molar-refractivity contribution is 7.99. The van der Waals surface area contributed by atoms with E-state index in [2.05, 4.69) is 23.0 Å². The van der Waals surface area contributed by atoms with Gasteiger partial charge in [0, 0.05) is 23.4 Å². The Labute approximate surface area is 123 Å². The molecule has 4 nitrogen and oxygen atoms in total. The van der Waals surface area contributed by atoms with Gasteiger partial charge in [-0.2, -0.15) is 11.8 Å². The summed E-state index contributed by atoms with van der Waals surface area (Å²) in [5.74, 6) is 0.0798. The Balaban J connectivity index is 1.76. The van der Waals surface area contributed by atoms with E-state index in [9.17, 15) is 4.79 Å². The lowest BCUT2D eigenvalue weighted by Crippen LogP contribution is -2.21. The highest BCUT2D eigenvalue weighted by atomic mass is 32.2. The van der Waals surface area contributed by atoms with Crippen molar-refractivity contribution in [3.63, 3.8) is 0 Å². The molecule has 0 spiro atoms. The molecule has 1 fully saturated rings. The van der Waals surface area contributed by atoms with E-state index in [1.54, 1.807) is 0 Å². The van der Waals surface area contributed by atoms with Crippen molar-refractivity contribution in [2.45, 2.75) is 43.4 Å². The van der Waals surface area contributed by atoms with Gasteiger partial charge in [-0.05, 0) is 49.6 Å². The summed E-state index contributed by atoms with van der Waals surface area (Å²) in [7, 11) is 0. The Morgan fingerprint density at radius 2 is 2.20 bits per heavy atom. The van der Waals surface area contributed by atoms with Gasteiger partial charge in [-0.1, -0.05) is 0 Å². The number of nitrogens with one attached hydrogen (secondary N) is 2. The standard InChI is InChI=1S/C15H21N3OS/c1-20-11-4-3-10(7-11)17-14-6-9-2-5-15(19)18-13(9)8-12(14)16/h6,8,10-11,17H,2-5,7,16H2,1H3,(H,18,19). The number of benzene rings is 1. The lowest BCUT2D eigenvalue weighted by molar-refractivity contribution is -0.116. The fourth-order valence-corrected chi connectivity index (χ4v) is 3.87. The number of carbonyl (C=O) groups is 1. The quantitative estimate of drug-likeness (QED) is 0.749. The molecule has 108 valence electrons. The maximum absolute atomic E-state index is 11.4. The summed E-state index contributed by atoms with van der Waals surface area (Å²) >= 11 is 1.96. The number of nitrogens with two attached hydrogens (primary N) is 1. The molecule has 1 heterocycles. The Bertz CT molecular complexity index is 532. The average molecular weight is 291 g/mol. The summed E-state index contributed by atoms with van der Waals surface area (Å²) in [6.07, 6.45) is 7.23. The fraction of sp³-hybridized carbons (Fsp3) is 0.533. The first kappa shape index (κ1) is 13.6. The largest absolute Gasteiger partial charge is 0.397 e. The minimum atomic E-state index is 0.0798. The lowest BCUT2D eigenvalue weighted by atomic mass is 10.0. The summed E-state index contributed by atoms with van der Waals surface area (Å²) < 4.78 is 0. The van der Waals surface area contributed by atoms with Gasteiger partial charge in [0.2, 0.25) is 5.91 Å². The van der Waals surface area contributed by atoms with Crippen LogP contribution in [0.2, 0.25) is 0 Å². The number of amides is 1. The number of nitrogen functional groups attached to an aromatic ring is 1. The molecule has 0 radical (unpaired) electrons. The second kappa shape index (κ2) is 5.56. The van der Waals surface area contributed by atoms with Crippen LogP contribution in [0.25, 0.3) is 0 Å². The van der Waals surface area contributed by atoms with Crippen molar-refractivity contribution < 1.29 is 4.79 Å². The summed E-state index contributed by atoms with van der Waals surface area (Å²) in [5.41, 5.74) is 9.91. The van der Waals surface area contributed by atoms with Crippen LogP contribution in [0.5, 0.6) is 0 Å². The molecule has 5 heteroatoms. The van der Waals surface area contributed by atoms with E-state index in [0.717, 1.165) is 28.7 Å². The third-order valence-electron chi connectivity index (χ3n) is 4.25. The smallest absolute Gasteiger partial charge is 0.224 e. The van der Waals surface area contributed by atoms with Gasteiger partial charge in [-0.15, -0.1) is 0 Å². The topological polar surface area (TPSA) is 67.2 Å². The van der Waals surface area contributed by atoms with Gasteiger partial charge in [0.15, 0.2) is 0 Å². The molecule has 1 aromatic rings. The Morgan fingerprint density at radius 3 is 2.95 bits per heavy atom. The van der Waals surface area contributed by atoms with Crippen molar-refractivity contribution in [1.82, 2.24) is 0 Å². The van der Waals surface area contributed by atoms with Crippen LogP contribution in [0.4, 0.5) is 17.1 Å². The predicted molar refractivity (Wildman–Crippen MR) is 86.4 cm³/mol. The van der Waals surface area contributed by atoms with Crippen molar-refractivity contribution >= 4 is 34.7 Å². The van der Waals surface area contributed by atoms with Crippen LogP contribution in [-0.4, -0.2) is 23.5 Å². The summed E-state index contributed by atoms with van der Waals surface area (Å²) in [4.78, 5) is 11.4. The Hall–Kier alpha value is -1.36. The third-order valence-corrected chi connectivity index (χ3v) is 5.34. The van der Waals surface area contributed by atoms with Crippen LogP contribution < -0.4 is 16.4 Å². The molecule has 1 saturated carbocycles. The van der Waals surface area contributed by atoms with E-state index < -0.39 is 0 Å². The number of thioether (sulfide) groups is 1. The minimum Gasteiger partial charge on any atom is -0.397 e. The first-order chi connectivity index (χ1) is 9.65. The van der Waals surface area contributed by atoms with Gasteiger partial charge < -0.3 is 16.4 Å². The van der Waals surface area contributed by atoms with Crippen molar-refractivity contribution in [3.05, 3.63) is 17.7 Å². The molecule has 2 atom stereocenters. The molecule has 0 saturated heterocycles. The number of hydrogen-bond acceptors (Lipinski definition) is 4. The molecule has 0 bridgehead atoms. The monoisotopic (exact) mass is 291 g/mol. The van der Waals surface area contributed by atoms with Gasteiger partial charge in [0.25, 0.3) is 0 Å². The fourth-order valence-electron chi connectivity index (χ4n) is 3.08. The molecule has 1 aliphatic heterocycles. The number of fused-ring (bicyclic) bond motifs is 1. The highest BCUT2D eigenvalue weighted by Gasteiger charge is 2.25. The van der Waals surface area contributed by atoms with Crippen LogP contribution in [0.15, 0.2) is 12.1 Å². The maximum Gasteiger partial charge on any atom is 0.224 e. The van der Waals surface area contributed by atoms with E-state index in [-0.39, 0.29) is 5.91 Å². The predicted octanol–water partition coefficient (Wildman–Crippen LogP) is 2.85. The maximum atomic E-state index is 11.4. The number of rotatable bonds is 3. The summed E-state index contributed by atoms with van der Waals surface area (Å²) in [6.45, 7) is 0. The molecular formula is C15H21N3OS. The van der Waals surface area contributed by atoms with E-state index in [0.29, 0.717) is 12.5 Å². The molecule has 20 heavy (non-hydrogen) atoms. The summed E-state index contributed by atoms with van der Waals surface area (Å²) in [5, 5.41) is 7.24.